The van der Waals surface area contributed by atoms with Crippen LogP contribution in [0.4, 0.5) is 0 Å². The molecule has 0 aromatic heterocycles. The Bertz CT molecular complexity index is 943. The van der Waals surface area contributed by atoms with Crippen LogP contribution in [0.3, 0.4) is 0 Å². The first-order chi connectivity index (χ1) is 12.9. The fourth-order valence-electron chi connectivity index (χ4n) is 3.19. The van der Waals surface area contributed by atoms with Crippen molar-refractivity contribution in [2.24, 2.45) is 5.92 Å². The second kappa shape index (κ2) is 8.54. The summed E-state index contributed by atoms with van der Waals surface area (Å²) in [6.07, 6.45) is 1.91. The summed E-state index contributed by atoms with van der Waals surface area (Å²) >= 11 is 0. The van der Waals surface area contributed by atoms with Crippen molar-refractivity contribution in [2.45, 2.75) is 29.1 Å². The van der Waals surface area contributed by atoms with Crippen molar-refractivity contribution >= 4 is 19.7 Å². The van der Waals surface area contributed by atoms with Crippen LogP contribution < -0.4 is 0 Å². The molecule has 1 fully saturated rings. The quantitative estimate of drug-likeness (QED) is 0.704. The summed E-state index contributed by atoms with van der Waals surface area (Å²) in [5.74, 6) is 0.166. The number of rotatable bonds is 7. The van der Waals surface area contributed by atoms with E-state index in [1.807, 2.05) is 30.3 Å². The van der Waals surface area contributed by atoms with Crippen LogP contribution in [0.1, 0.15) is 18.4 Å². The molecule has 0 bridgehead atoms. The van der Waals surface area contributed by atoms with Gasteiger partial charge in [0.2, 0.25) is 0 Å². The van der Waals surface area contributed by atoms with Gasteiger partial charge < -0.3 is 4.74 Å². The van der Waals surface area contributed by atoms with Gasteiger partial charge in [-0.3, -0.25) is 0 Å². The third kappa shape index (κ3) is 5.40. The molecule has 2 aromatic carbocycles. The molecule has 0 saturated carbocycles. The molecule has 0 radical (unpaired) electrons. The van der Waals surface area contributed by atoms with Gasteiger partial charge in [-0.05, 0) is 55.0 Å². The Balaban J connectivity index is 1.68. The smallest absolute Gasteiger partial charge is 0.178 e. The molecule has 0 N–H and O–H groups in total. The molecule has 1 aliphatic heterocycles. The van der Waals surface area contributed by atoms with E-state index in [0.717, 1.165) is 18.4 Å². The van der Waals surface area contributed by atoms with Crippen molar-refractivity contribution in [1.82, 2.24) is 0 Å². The predicted octanol–water partition coefficient (Wildman–Crippen LogP) is 2.90. The van der Waals surface area contributed by atoms with Gasteiger partial charge in [0.05, 0.1) is 21.3 Å². The van der Waals surface area contributed by atoms with E-state index in [-0.39, 0.29) is 27.2 Å². The number of ether oxygens (including phenoxy) is 1. The zero-order chi connectivity index (χ0) is 19.3. The van der Waals surface area contributed by atoms with Crippen LogP contribution >= 0.6 is 0 Å². The Hall–Kier alpha value is -1.70. The van der Waals surface area contributed by atoms with E-state index < -0.39 is 19.7 Å². The van der Waals surface area contributed by atoms with Gasteiger partial charge in [-0.2, -0.15) is 0 Å². The minimum Gasteiger partial charge on any atom is -0.381 e. The van der Waals surface area contributed by atoms with Crippen molar-refractivity contribution in [3.05, 3.63) is 60.2 Å². The van der Waals surface area contributed by atoms with Gasteiger partial charge in [0, 0.05) is 13.2 Å². The second-order valence-electron chi connectivity index (χ2n) is 6.86. The molecule has 7 heteroatoms. The SMILES string of the molecule is O=S(=O)(CCc1ccccc1)c1ccc(S(=O)(=O)CC2CCOCC2)cc1. The summed E-state index contributed by atoms with van der Waals surface area (Å²) in [6, 6.07) is 15.0. The lowest BCUT2D eigenvalue weighted by molar-refractivity contribution is 0.0723. The standard InChI is InChI=1S/C20H24O5S2/c21-26(22,15-12-17-4-2-1-3-5-17)19-6-8-20(9-7-19)27(23,24)16-18-10-13-25-14-11-18/h1-9,18H,10-16H2. The van der Waals surface area contributed by atoms with E-state index in [9.17, 15) is 16.8 Å². The number of hydrogen-bond acceptors (Lipinski definition) is 5. The molecule has 2 aromatic rings. The lowest BCUT2D eigenvalue weighted by atomic mass is 10.0. The molecule has 146 valence electrons. The molecule has 5 nitrogen and oxygen atoms in total. The second-order valence-corrected chi connectivity index (χ2v) is 11.0. The van der Waals surface area contributed by atoms with Crippen LogP contribution in [-0.4, -0.2) is 41.6 Å². The van der Waals surface area contributed by atoms with Gasteiger partial charge in [-0.25, -0.2) is 16.8 Å². The summed E-state index contributed by atoms with van der Waals surface area (Å²) < 4.78 is 55.5. The number of hydrogen-bond donors (Lipinski definition) is 0. The van der Waals surface area contributed by atoms with E-state index in [1.165, 1.54) is 24.3 Å². The van der Waals surface area contributed by atoms with E-state index in [2.05, 4.69) is 0 Å². The predicted molar refractivity (Wildman–Crippen MR) is 104 cm³/mol. The molecule has 0 aliphatic carbocycles. The van der Waals surface area contributed by atoms with Crippen molar-refractivity contribution < 1.29 is 21.6 Å². The first-order valence-electron chi connectivity index (χ1n) is 9.04. The Morgan fingerprint density at radius 2 is 1.33 bits per heavy atom. The summed E-state index contributed by atoms with van der Waals surface area (Å²) in [6.45, 7) is 1.19. The van der Waals surface area contributed by atoms with Crippen molar-refractivity contribution in [2.75, 3.05) is 24.7 Å². The van der Waals surface area contributed by atoms with Crippen LogP contribution in [0.2, 0.25) is 0 Å². The van der Waals surface area contributed by atoms with Crippen molar-refractivity contribution in [3.8, 4) is 0 Å². The van der Waals surface area contributed by atoms with E-state index >= 15 is 0 Å². The molecule has 1 heterocycles. The lowest BCUT2D eigenvalue weighted by Gasteiger charge is -2.21. The number of aryl methyl sites for hydroxylation is 1. The molecule has 0 spiro atoms. The Morgan fingerprint density at radius 3 is 1.93 bits per heavy atom. The van der Waals surface area contributed by atoms with Crippen LogP contribution in [0, 0.1) is 5.92 Å². The number of sulfone groups is 2. The van der Waals surface area contributed by atoms with Gasteiger partial charge in [-0.1, -0.05) is 30.3 Å². The monoisotopic (exact) mass is 408 g/mol. The summed E-state index contributed by atoms with van der Waals surface area (Å²) in [4.78, 5) is 0.333. The van der Waals surface area contributed by atoms with Gasteiger partial charge in [0.15, 0.2) is 19.7 Å². The average molecular weight is 409 g/mol. The van der Waals surface area contributed by atoms with Gasteiger partial charge in [0.25, 0.3) is 0 Å². The largest absolute Gasteiger partial charge is 0.381 e. The maximum atomic E-state index is 12.6. The Kier molecular flexibility index (Phi) is 6.34. The Morgan fingerprint density at radius 1 is 0.778 bits per heavy atom. The molecule has 1 saturated heterocycles. The molecule has 3 rings (SSSR count). The zero-order valence-corrected chi connectivity index (χ0v) is 16.7. The summed E-state index contributed by atoms with van der Waals surface area (Å²) in [5, 5.41) is 0. The minimum absolute atomic E-state index is 0.00875. The number of benzene rings is 2. The summed E-state index contributed by atoms with van der Waals surface area (Å²) in [7, 11) is -6.89. The zero-order valence-electron chi connectivity index (χ0n) is 15.1. The average Bonchev–Trinajstić information content (AvgIpc) is 2.68. The van der Waals surface area contributed by atoms with E-state index in [0.29, 0.717) is 19.6 Å². The van der Waals surface area contributed by atoms with Crippen LogP contribution in [0.5, 0.6) is 0 Å². The molecule has 27 heavy (non-hydrogen) atoms. The molecule has 0 amide bonds. The van der Waals surface area contributed by atoms with Crippen molar-refractivity contribution in [1.29, 1.82) is 0 Å². The third-order valence-corrected chi connectivity index (χ3v) is 8.47. The van der Waals surface area contributed by atoms with Crippen LogP contribution in [0.25, 0.3) is 0 Å². The minimum atomic E-state index is -3.46. The van der Waals surface area contributed by atoms with Crippen LogP contribution in [-0.2, 0) is 30.8 Å². The molecular weight excluding hydrogens is 384 g/mol. The molecule has 1 aliphatic rings. The third-order valence-electron chi connectivity index (χ3n) is 4.84. The molecular formula is C20H24O5S2. The lowest BCUT2D eigenvalue weighted by Crippen LogP contribution is -2.23. The highest BCUT2D eigenvalue weighted by Gasteiger charge is 2.24. The first kappa shape index (κ1) is 20.0. The maximum Gasteiger partial charge on any atom is 0.178 e. The molecule has 0 unspecified atom stereocenters. The highest BCUT2D eigenvalue weighted by molar-refractivity contribution is 7.91. The first-order valence-corrected chi connectivity index (χ1v) is 12.3. The highest BCUT2D eigenvalue weighted by Crippen LogP contribution is 2.23. The molecule has 0 atom stereocenters. The van der Waals surface area contributed by atoms with Crippen LogP contribution in [0.15, 0.2) is 64.4 Å². The van der Waals surface area contributed by atoms with Gasteiger partial charge >= 0.3 is 0 Å². The Labute approximate surface area is 161 Å². The highest BCUT2D eigenvalue weighted by atomic mass is 32.2. The fourth-order valence-corrected chi connectivity index (χ4v) is 6.18. The fraction of sp³-hybridized carbons (Fsp3) is 0.400. The topological polar surface area (TPSA) is 77.5 Å². The van der Waals surface area contributed by atoms with Gasteiger partial charge in [0.1, 0.15) is 0 Å². The van der Waals surface area contributed by atoms with E-state index in [1.54, 1.807) is 0 Å². The normalized spacial score (nSPS) is 16.3. The van der Waals surface area contributed by atoms with E-state index in [4.69, 9.17) is 4.74 Å². The van der Waals surface area contributed by atoms with Crippen molar-refractivity contribution in [3.63, 3.8) is 0 Å². The summed E-state index contributed by atoms with van der Waals surface area (Å²) in [5.41, 5.74) is 0.955. The van der Waals surface area contributed by atoms with Gasteiger partial charge in [-0.15, -0.1) is 0 Å². The maximum absolute atomic E-state index is 12.6.